The van der Waals surface area contributed by atoms with E-state index in [9.17, 15) is 13.2 Å². The Morgan fingerprint density at radius 2 is 1.79 bits per heavy atom. The molecule has 0 atom stereocenters. The summed E-state index contributed by atoms with van der Waals surface area (Å²) in [7, 11) is -3.64. The Hall–Kier alpha value is -2.25. The minimum Gasteiger partial charge on any atom is -0.372 e. The van der Waals surface area contributed by atoms with Crippen LogP contribution in [0.3, 0.4) is 0 Å². The Bertz CT molecular complexity index is 955. The van der Waals surface area contributed by atoms with Crippen molar-refractivity contribution < 1.29 is 13.2 Å². The molecule has 28 heavy (non-hydrogen) atoms. The van der Waals surface area contributed by atoms with Gasteiger partial charge in [0.2, 0.25) is 15.9 Å². The van der Waals surface area contributed by atoms with Crippen molar-refractivity contribution in [1.82, 2.24) is 0 Å². The van der Waals surface area contributed by atoms with Gasteiger partial charge >= 0.3 is 0 Å². The van der Waals surface area contributed by atoms with Gasteiger partial charge in [-0.3, -0.25) is 9.10 Å². The van der Waals surface area contributed by atoms with Gasteiger partial charge in [-0.2, -0.15) is 0 Å². The highest BCUT2D eigenvalue weighted by atomic mass is 35.5. The maximum absolute atomic E-state index is 12.5. The predicted octanol–water partition coefficient (Wildman–Crippen LogP) is 3.65. The number of hydrogen-bond acceptors (Lipinski definition) is 4. The number of hydrogen-bond donors (Lipinski definition) is 1. The summed E-state index contributed by atoms with van der Waals surface area (Å²) in [6, 6.07) is 12.5. The zero-order valence-corrected chi connectivity index (χ0v) is 17.6. The SMILES string of the molecule is Cc1cc(Cl)ccc1N(CC(=O)Nc1ccc(N2CCCC2)cc1)S(C)(=O)=O. The maximum Gasteiger partial charge on any atom is 0.245 e. The monoisotopic (exact) mass is 421 g/mol. The molecule has 1 aliphatic heterocycles. The molecule has 0 spiro atoms. The van der Waals surface area contributed by atoms with E-state index in [0.717, 1.165) is 29.3 Å². The number of nitrogens with one attached hydrogen (secondary N) is 1. The van der Waals surface area contributed by atoms with Crippen molar-refractivity contribution in [3.63, 3.8) is 0 Å². The lowest BCUT2D eigenvalue weighted by atomic mass is 10.2. The largest absolute Gasteiger partial charge is 0.372 e. The number of anilines is 3. The summed E-state index contributed by atoms with van der Waals surface area (Å²) in [5.41, 5.74) is 2.88. The molecular formula is C20H24ClN3O3S. The second kappa shape index (κ2) is 8.41. The average molecular weight is 422 g/mol. The molecule has 0 saturated carbocycles. The molecule has 0 unspecified atom stereocenters. The van der Waals surface area contributed by atoms with Gasteiger partial charge in [0.25, 0.3) is 0 Å². The van der Waals surface area contributed by atoms with Crippen LogP contribution < -0.4 is 14.5 Å². The molecule has 1 amide bonds. The van der Waals surface area contributed by atoms with Crippen LogP contribution in [0.15, 0.2) is 42.5 Å². The van der Waals surface area contributed by atoms with Gasteiger partial charge in [-0.15, -0.1) is 0 Å². The second-order valence-electron chi connectivity index (χ2n) is 6.99. The Kier molecular flexibility index (Phi) is 6.15. The highest BCUT2D eigenvalue weighted by molar-refractivity contribution is 7.92. The van der Waals surface area contributed by atoms with E-state index in [1.54, 1.807) is 25.1 Å². The summed E-state index contributed by atoms with van der Waals surface area (Å²) in [5.74, 6) is -0.409. The molecule has 8 heteroatoms. The van der Waals surface area contributed by atoms with E-state index < -0.39 is 15.9 Å². The summed E-state index contributed by atoms with van der Waals surface area (Å²) in [6.45, 7) is 3.55. The molecule has 1 heterocycles. The Balaban J connectivity index is 1.72. The Morgan fingerprint density at radius 3 is 2.36 bits per heavy atom. The lowest BCUT2D eigenvalue weighted by molar-refractivity contribution is -0.114. The molecule has 0 aliphatic carbocycles. The molecule has 0 radical (unpaired) electrons. The third-order valence-electron chi connectivity index (χ3n) is 4.74. The van der Waals surface area contributed by atoms with Gasteiger partial charge in [0.1, 0.15) is 6.54 Å². The number of carbonyl (C=O) groups excluding carboxylic acids is 1. The van der Waals surface area contributed by atoms with E-state index in [4.69, 9.17) is 11.6 Å². The lowest BCUT2D eigenvalue weighted by Crippen LogP contribution is -2.37. The predicted molar refractivity (Wildman–Crippen MR) is 115 cm³/mol. The zero-order chi connectivity index (χ0) is 20.3. The quantitative estimate of drug-likeness (QED) is 0.772. The number of nitrogens with zero attached hydrogens (tertiary/aromatic N) is 2. The number of rotatable bonds is 6. The van der Waals surface area contributed by atoms with Gasteiger partial charge < -0.3 is 10.2 Å². The minimum absolute atomic E-state index is 0.310. The summed E-state index contributed by atoms with van der Waals surface area (Å²) in [5, 5.41) is 3.28. The van der Waals surface area contributed by atoms with Crippen molar-refractivity contribution in [2.24, 2.45) is 0 Å². The average Bonchev–Trinajstić information content (AvgIpc) is 3.15. The van der Waals surface area contributed by atoms with E-state index in [0.29, 0.717) is 22.0 Å². The smallest absolute Gasteiger partial charge is 0.245 e. The molecule has 2 aromatic rings. The molecular weight excluding hydrogens is 398 g/mol. The molecule has 2 aromatic carbocycles. The standard InChI is InChI=1S/C20H24ClN3O3S/c1-15-13-16(21)5-10-19(15)24(28(2,26)27)14-20(25)22-17-6-8-18(9-7-17)23-11-3-4-12-23/h5-10,13H,3-4,11-12,14H2,1-2H3,(H,22,25). The lowest BCUT2D eigenvalue weighted by Gasteiger charge is -2.24. The van der Waals surface area contributed by atoms with Gasteiger partial charge in [-0.1, -0.05) is 11.6 Å². The highest BCUT2D eigenvalue weighted by Crippen LogP contribution is 2.26. The molecule has 0 aromatic heterocycles. The van der Waals surface area contributed by atoms with Crippen LogP contribution in [-0.4, -0.2) is 40.2 Å². The number of amides is 1. The van der Waals surface area contributed by atoms with Crippen molar-refractivity contribution in [2.75, 3.05) is 40.4 Å². The molecule has 1 N–H and O–H groups in total. The van der Waals surface area contributed by atoms with E-state index in [2.05, 4.69) is 10.2 Å². The van der Waals surface area contributed by atoms with Crippen LogP contribution in [0.25, 0.3) is 0 Å². The molecule has 1 aliphatic rings. The number of aryl methyl sites for hydroxylation is 1. The minimum atomic E-state index is -3.64. The fraction of sp³-hybridized carbons (Fsp3) is 0.350. The first kappa shape index (κ1) is 20.5. The van der Waals surface area contributed by atoms with E-state index >= 15 is 0 Å². The molecule has 3 rings (SSSR count). The van der Waals surface area contributed by atoms with Crippen LogP contribution in [0.4, 0.5) is 17.1 Å². The fourth-order valence-corrected chi connectivity index (χ4v) is 4.48. The van der Waals surface area contributed by atoms with Crippen LogP contribution in [0.1, 0.15) is 18.4 Å². The second-order valence-corrected chi connectivity index (χ2v) is 9.33. The van der Waals surface area contributed by atoms with Crippen molar-refractivity contribution >= 4 is 44.6 Å². The summed E-state index contributed by atoms with van der Waals surface area (Å²) >= 11 is 5.96. The molecule has 1 saturated heterocycles. The van der Waals surface area contributed by atoms with Crippen LogP contribution in [0.5, 0.6) is 0 Å². The first-order valence-electron chi connectivity index (χ1n) is 9.13. The summed E-state index contributed by atoms with van der Waals surface area (Å²) in [4.78, 5) is 14.8. The Labute approximate surface area is 171 Å². The highest BCUT2D eigenvalue weighted by Gasteiger charge is 2.22. The van der Waals surface area contributed by atoms with Crippen LogP contribution in [0.2, 0.25) is 5.02 Å². The summed E-state index contributed by atoms with van der Waals surface area (Å²) in [6.07, 6.45) is 3.48. The van der Waals surface area contributed by atoms with Gasteiger partial charge in [-0.25, -0.2) is 8.42 Å². The Morgan fingerprint density at radius 1 is 1.14 bits per heavy atom. The van der Waals surface area contributed by atoms with Crippen molar-refractivity contribution in [3.05, 3.63) is 53.1 Å². The first-order valence-corrected chi connectivity index (χ1v) is 11.4. The van der Waals surface area contributed by atoms with Crippen molar-refractivity contribution in [2.45, 2.75) is 19.8 Å². The maximum atomic E-state index is 12.5. The number of sulfonamides is 1. The van der Waals surface area contributed by atoms with Gasteiger partial charge in [0, 0.05) is 29.5 Å². The van der Waals surface area contributed by atoms with Crippen LogP contribution in [-0.2, 0) is 14.8 Å². The molecule has 150 valence electrons. The van der Waals surface area contributed by atoms with Crippen molar-refractivity contribution in [1.29, 1.82) is 0 Å². The first-order chi connectivity index (χ1) is 13.2. The van der Waals surface area contributed by atoms with Crippen molar-refractivity contribution in [3.8, 4) is 0 Å². The topological polar surface area (TPSA) is 69.7 Å². The van der Waals surface area contributed by atoms with E-state index in [1.165, 1.54) is 12.8 Å². The molecule has 0 bridgehead atoms. The van der Waals surface area contributed by atoms with E-state index in [-0.39, 0.29) is 6.54 Å². The normalized spacial score (nSPS) is 14.2. The zero-order valence-electron chi connectivity index (χ0n) is 16.0. The third-order valence-corrected chi connectivity index (χ3v) is 6.10. The van der Waals surface area contributed by atoms with E-state index in [1.807, 2.05) is 24.3 Å². The summed E-state index contributed by atoms with van der Waals surface area (Å²) < 4.78 is 25.6. The van der Waals surface area contributed by atoms with Crippen LogP contribution >= 0.6 is 11.6 Å². The van der Waals surface area contributed by atoms with Gasteiger partial charge in [0.15, 0.2) is 0 Å². The fourth-order valence-electron chi connectivity index (χ4n) is 3.34. The van der Waals surface area contributed by atoms with Gasteiger partial charge in [-0.05, 0) is 67.8 Å². The number of benzene rings is 2. The number of carbonyl (C=O) groups is 1. The van der Waals surface area contributed by atoms with Gasteiger partial charge in [0.05, 0.1) is 11.9 Å². The third kappa shape index (κ3) is 4.97. The van der Waals surface area contributed by atoms with Crippen LogP contribution in [0, 0.1) is 6.92 Å². The number of halogens is 1. The molecule has 6 nitrogen and oxygen atoms in total. The molecule has 1 fully saturated rings.